The number of hydrogen-bond acceptors (Lipinski definition) is 7. The van der Waals surface area contributed by atoms with Crippen molar-refractivity contribution in [2.75, 3.05) is 7.11 Å². The number of carbonyl (C=O) groups excluding carboxylic acids is 1. The lowest BCUT2D eigenvalue weighted by atomic mass is 10.2. The molecule has 0 bridgehead atoms. The molecule has 3 aromatic rings. The van der Waals surface area contributed by atoms with E-state index in [1.807, 2.05) is 17.5 Å². The third kappa shape index (κ3) is 4.42. The van der Waals surface area contributed by atoms with Crippen molar-refractivity contribution < 1.29 is 23.2 Å². The first-order valence-corrected chi connectivity index (χ1v) is 8.38. The number of thiophene rings is 1. The highest BCUT2D eigenvalue weighted by atomic mass is 32.1. The van der Waals surface area contributed by atoms with Crippen LogP contribution in [-0.4, -0.2) is 23.2 Å². The average molecular weight is 362 g/mol. The molecule has 0 saturated heterocycles. The summed E-state index contributed by atoms with van der Waals surface area (Å²) in [5.41, 5.74) is 0.546. The van der Waals surface area contributed by atoms with Gasteiger partial charge in [0.25, 0.3) is 0 Å². The zero-order valence-electron chi connectivity index (χ0n) is 13.4. The molecule has 2 heterocycles. The van der Waals surface area contributed by atoms with Gasteiger partial charge in [-0.15, -0.1) is 11.3 Å². The highest BCUT2D eigenvalue weighted by Crippen LogP contribution is 2.21. The Morgan fingerprint density at radius 3 is 2.96 bits per heavy atom. The molecule has 8 heteroatoms. The first-order chi connectivity index (χ1) is 12.2. The molecule has 0 saturated carbocycles. The van der Waals surface area contributed by atoms with Crippen molar-refractivity contribution >= 4 is 17.3 Å². The maximum atomic E-state index is 13.6. The summed E-state index contributed by atoms with van der Waals surface area (Å²) < 4.78 is 28.6. The number of halogens is 1. The molecule has 0 aliphatic rings. The first-order valence-electron chi connectivity index (χ1n) is 7.50. The lowest BCUT2D eigenvalue weighted by Crippen LogP contribution is -2.06. The molecule has 0 amide bonds. The van der Waals surface area contributed by atoms with Crippen LogP contribution >= 0.6 is 11.3 Å². The topological polar surface area (TPSA) is 74.5 Å². The zero-order chi connectivity index (χ0) is 17.6. The van der Waals surface area contributed by atoms with E-state index in [9.17, 15) is 9.18 Å². The van der Waals surface area contributed by atoms with E-state index in [4.69, 9.17) is 14.0 Å². The summed E-state index contributed by atoms with van der Waals surface area (Å²) in [7, 11) is 1.39. The van der Waals surface area contributed by atoms with E-state index >= 15 is 0 Å². The smallest absolute Gasteiger partial charge is 0.306 e. The quantitative estimate of drug-likeness (QED) is 0.598. The van der Waals surface area contributed by atoms with Crippen molar-refractivity contribution in [2.24, 2.45) is 0 Å². The maximum absolute atomic E-state index is 13.6. The Morgan fingerprint density at radius 1 is 1.36 bits per heavy atom. The number of aryl methyl sites for hydroxylation is 1. The van der Waals surface area contributed by atoms with E-state index < -0.39 is 11.8 Å². The third-order valence-electron chi connectivity index (χ3n) is 3.37. The number of benzene rings is 1. The number of rotatable bonds is 7. The van der Waals surface area contributed by atoms with Crippen molar-refractivity contribution in [3.05, 3.63) is 53.0 Å². The number of carbonyl (C=O) groups is 1. The first kappa shape index (κ1) is 17.1. The minimum Gasteiger partial charge on any atom is -0.494 e. The predicted molar refractivity (Wildman–Crippen MR) is 88.7 cm³/mol. The summed E-state index contributed by atoms with van der Waals surface area (Å²) >= 11 is 1.51. The number of nitrogens with zero attached hydrogens (tertiary/aromatic N) is 2. The molecule has 0 spiro atoms. The Hall–Kier alpha value is -2.74. The molecule has 130 valence electrons. The van der Waals surface area contributed by atoms with Crippen LogP contribution in [0.2, 0.25) is 0 Å². The van der Waals surface area contributed by atoms with E-state index in [0.717, 1.165) is 4.88 Å². The van der Waals surface area contributed by atoms with Gasteiger partial charge in [0.2, 0.25) is 11.7 Å². The molecule has 3 rings (SSSR count). The minimum atomic E-state index is -0.497. The number of aromatic nitrogens is 2. The average Bonchev–Trinajstić information content (AvgIpc) is 3.29. The van der Waals surface area contributed by atoms with Crippen LogP contribution in [-0.2, 0) is 22.6 Å². The lowest BCUT2D eigenvalue weighted by molar-refractivity contribution is -0.145. The Bertz CT molecular complexity index is 848. The van der Waals surface area contributed by atoms with Gasteiger partial charge < -0.3 is 14.0 Å². The van der Waals surface area contributed by atoms with Crippen LogP contribution in [0.1, 0.15) is 17.9 Å². The van der Waals surface area contributed by atoms with Gasteiger partial charge in [0.15, 0.2) is 11.6 Å². The predicted octanol–water partition coefficient (Wildman–Crippen LogP) is 3.62. The second-order valence-electron chi connectivity index (χ2n) is 5.12. The summed E-state index contributed by atoms with van der Waals surface area (Å²) in [6.45, 7) is -0.00989. The molecule has 0 fully saturated rings. The highest BCUT2D eigenvalue weighted by molar-refractivity contribution is 7.13. The summed E-state index contributed by atoms with van der Waals surface area (Å²) in [4.78, 5) is 16.9. The Kier molecular flexibility index (Phi) is 5.39. The standard InChI is InChI=1S/C17H15FN2O4S/c1-22-13-5-4-11(9-12(13)18)10-23-16(21)7-6-15-19-17(20-24-15)14-3-2-8-25-14/h2-5,8-9H,6-7,10H2,1H3. The van der Waals surface area contributed by atoms with Crippen molar-refractivity contribution in [3.63, 3.8) is 0 Å². The van der Waals surface area contributed by atoms with Gasteiger partial charge in [0.05, 0.1) is 18.4 Å². The Labute approximate surface area is 147 Å². The molecule has 25 heavy (non-hydrogen) atoms. The van der Waals surface area contributed by atoms with Crippen LogP contribution in [0.25, 0.3) is 10.7 Å². The maximum Gasteiger partial charge on any atom is 0.306 e. The number of ether oxygens (including phenoxy) is 2. The molecule has 2 aromatic heterocycles. The van der Waals surface area contributed by atoms with Crippen LogP contribution in [0, 0.1) is 5.82 Å². The summed E-state index contributed by atoms with van der Waals surface area (Å²) in [6.07, 6.45) is 0.388. The van der Waals surface area contributed by atoms with Crippen molar-refractivity contribution in [1.29, 1.82) is 0 Å². The van der Waals surface area contributed by atoms with Crippen LogP contribution < -0.4 is 4.74 Å². The van der Waals surface area contributed by atoms with Gasteiger partial charge in [0, 0.05) is 6.42 Å². The zero-order valence-corrected chi connectivity index (χ0v) is 14.2. The summed E-state index contributed by atoms with van der Waals surface area (Å²) in [6, 6.07) is 8.19. The van der Waals surface area contributed by atoms with E-state index in [0.29, 0.717) is 17.3 Å². The van der Waals surface area contributed by atoms with Gasteiger partial charge in [-0.1, -0.05) is 17.3 Å². The normalized spacial score (nSPS) is 10.6. The van der Waals surface area contributed by atoms with Crippen molar-refractivity contribution in [3.8, 4) is 16.5 Å². The van der Waals surface area contributed by atoms with Gasteiger partial charge in [-0.05, 0) is 29.1 Å². The van der Waals surface area contributed by atoms with Crippen LogP contribution in [0.3, 0.4) is 0 Å². The monoisotopic (exact) mass is 362 g/mol. The van der Waals surface area contributed by atoms with Gasteiger partial charge in [0.1, 0.15) is 6.61 Å². The number of methoxy groups -OCH3 is 1. The second kappa shape index (κ2) is 7.89. The van der Waals surface area contributed by atoms with Gasteiger partial charge in [-0.25, -0.2) is 4.39 Å². The fourth-order valence-corrected chi connectivity index (χ4v) is 2.76. The molecular weight excluding hydrogens is 347 g/mol. The second-order valence-corrected chi connectivity index (χ2v) is 6.07. The highest BCUT2D eigenvalue weighted by Gasteiger charge is 2.12. The summed E-state index contributed by atoms with van der Waals surface area (Å²) in [5.74, 6) is 0.103. The Balaban J connectivity index is 1.47. The molecule has 6 nitrogen and oxygen atoms in total. The van der Waals surface area contributed by atoms with Crippen LogP contribution in [0.4, 0.5) is 4.39 Å². The Morgan fingerprint density at radius 2 is 2.24 bits per heavy atom. The number of hydrogen-bond donors (Lipinski definition) is 0. The van der Waals surface area contributed by atoms with E-state index in [1.54, 1.807) is 6.07 Å². The van der Waals surface area contributed by atoms with Gasteiger partial charge in [-0.2, -0.15) is 4.98 Å². The van der Waals surface area contributed by atoms with Gasteiger partial charge in [-0.3, -0.25) is 4.79 Å². The lowest BCUT2D eigenvalue weighted by Gasteiger charge is -2.06. The van der Waals surface area contributed by atoms with Crippen LogP contribution in [0.15, 0.2) is 40.2 Å². The molecular formula is C17H15FN2O4S. The fraction of sp³-hybridized carbons (Fsp3) is 0.235. The number of esters is 1. The van der Waals surface area contributed by atoms with Crippen molar-refractivity contribution in [2.45, 2.75) is 19.4 Å². The molecule has 0 atom stereocenters. The molecule has 0 aliphatic carbocycles. The molecule has 0 radical (unpaired) electrons. The van der Waals surface area contributed by atoms with Crippen molar-refractivity contribution in [1.82, 2.24) is 10.1 Å². The minimum absolute atomic E-state index is 0.00989. The van der Waals surface area contributed by atoms with E-state index in [2.05, 4.69) is 10.1 Å². The van der Waals surface area contributed by atoms with E-state index in [-0.39, 0.29) is 25.2 Å². The van der Waals surface area contributed by atoms with Gasteiger partial charge >= 0.3 is 5.97 Å². The van der Waals surface area contributed by atoms with E-state index in [1.165, 1.54) is 30.6 Å². The van der Waals surface area contributed by atoms with Crippen LogP contribution in [0.5, 0.6) is 5.75 Å². The molecule has 0 aliphatic heterocycles. The molecule has 0 unspecified atom stereocenters. The third-order valence-corrected chi connectivity index (χ3v) is 4.23. The SMILES string of the molecule is COc1ccc(COC(=O)CCc2nc(-c3cccs3)no2)cc1F. The summed E-state index contributed by atoms with van der Waals surface area (Å²) in [5, 5.41) is 5.80. The molecule has 0 N–H and O–H groups in total. The fourth-order valence-electron chi connectivity index (χ4n) is 2.11. The largest absolute Gasteiger partial charge is 0.494 e. The molecule has 1 aromatic carbocycles.